The van der Waals surface area contributed by atoms with Crippen molar-refractivity contribution in [2.24, 2.45) is 0 Å². The second-order valence-electron chi connectivity index (χ2n) is 5.13. The number of nitro benzene ring substituents is 1. The molecule has 0 aliphatic rings. The Balaban J connectivity index is 2.92. The van der Waals surface area contributed by atoms with Gasteiger partial charge in [-0.15, -0.1) is 0 Å². The maximum Gasteiger partial charge on any atom is 0.294 e. The summed E-state index contributed by atoms with van der Waals surface area (Å²) in [6, 6.07) is 1.89. The molecule has 0 saturated carbocycles. The van der Waals surface area contributed by atoms with Gasteiger partial charge in [0.1, 0.15) is 11.5 Å². The summed E-state index contributed by atoms with van der Waals surface area (Å²) in [7, 11) is 3.58. The Morgan fingerprint density at radius 3 is 2.65 bits per heavy atom. The first kappa shape index (κ1) is 16.6. The zero-order chi connectivity index (χ0) is 15.5. The number of aliphatic hydroxyl groups is 1. The summed E-state index contributed by atoms with van der Waals surface area (Å²) in [5, 5.41) is 23.4. The highest BCUT2D eigenvalue weighted by atomic mass is 35.5. The Kier molecular flexibility index (Phi) is 5.27. The van der Waals surface area contributed by atoms with E-state index in [0.717, 1.165) is 12.1 Å². The number of rotatable bonds is 6. The molecule has 0 aliphatic heterocycles. The minimum atomic E-state index is -1.12. The van der Waals surface area contributed by atoms with Gasteiger partial charge >= 0.3 is 0 Å². The molecule has 0 spiro atoms. The van der Waals surface area contributed by atoms with Crippen molar-refractivity contribution < 1.29 is 14.4 Å². The maximum atomic E-state index is 13.4. The fourth-order valence-electron chi connectivity index (χ4n) is 1.85. The van der Waals surface area contributed by atoms with E-state index in [1.54, 1.807) is 25.9 Å². The number of halogens is 2. The number of nitro groups is 1. The van der Waals surface area contributed by atoms with Crippen molar-refractivity contribution in [1.82, 2.24) is 4.90 Å². The number of hydrogen-bond donors (Lipinski definition) is 2. The molecule has 1 aromatic rings. The smallest absolute Gasteiger partial charge is 0.294 e. The molecule has 1 aromatic carbocycles. The Bertz CT molecular complexity index is 509. The Morgan fingerprint density at radius 1 is 1.55 bits per heavy atom. The van der Waals surface area contributed by atoms with E-state index in [1.165, 1.54) is 0 Å². The monoisotopic (exact) mass is 305 g/mol. The summed E-state index contributed by atoms with van der Waals surface area (Å²) >= 11 is 5.53. The predicted octanol–water partition coefficient (Wildman–Crippen LogP) is 2.11. The SMILES string of the molecule is CN(C)CC(C)(O)CNc1cc(F)c(Cl)cc1[N+](=O)[O-]. The second kappa shape index (κ2) is 6.34. The summed E-state index contributed by atoms with van der Waals surface area (Å²) in [6.07, 6.45) is 0. The van der Waals surface area contributed by atoms with E-state index in [1.807, 2.05) is 0 Å². The molecular weight excluding hydrogens is 289 g/mol. The Hall–Kier alpha value is -1.44. The summed E-state index contributed by atoms with van der Waals surface area (Å²) < 4.78 is 13.4. The van der Waals surface area contributed by atoms with Crippen LogP contribution >= 0.6 is 11.6 Å². The first-order chi connectivity index (χ1) is 9.12. The molecule has 1 unspecified atom stereocenters. The highest BCUT2D eigenvalue weighted by molar-refractivity contribution is 6.31. The zero-order valence-corrected chi connectivity index (χ0v) is 12.2. The molecule has 2 N–H and O–H groups in total. The van der Waals surface area contributed by atoms with E-state index >= 15 is 0 Å². The largest absolute Gasteiger partial charge is 0.387 e. The van der Waals surface area contributed by atoms with Gasteiger partial charge in [-0.1, -0.05) is 11.6 Å². The van der Waals surface area contributed by atoms with Gasteiger partial charge < -0.3 is 15.3 Å². The van der Waals surface area contributed by atoms with E-state index < -0.39 is 16.3 Å². The number of hydrogen-bond acceptors (Lipinski definition) is 5. The van der Waals surface area contributed by atoms with Crippen molar-refractivity contribution in [3.8, 4) is 0 Å². The highest BCUT2D eigenvalue weighted by Crippen LogP contribution is 2.30. The fourth-order valence-corrected chi connectivity index (χ4v) is 2.01. The molecule has 0 fully saturated rings. The van der Waals surface area contributed by atoms with Crippen molar-refractivity contribution in [1.29, 1.82) is 0 Å². The Morgan fingerprint density at radius 2 is 2.15 bits per heavy atom. The van der Waals surface area contributed by atoms with Gasteiger partial charge in [-0.05, 0) is 21.0 Å². The third-order valence-corrected chi connectivity index (χ3v) is 2.84. The van der Waals surface area contributed by atoms with Gasteiger partial charge in [0, 0.05) is 25.2 Å². The molecule has 0 aromatic heterocycles. The van der Waals surface area contributed by atoms with Crippen molar-refractivity contribution in [2.45, 2.75) is 12.5 Å². The van der Waals surface area contributed by atoms with Crippen LogP contribution in [0.2, 0.25) is 5.02 Å². The standard InChI is InChI=1S/C12H17ClFN3O3/c1-12(18,7-16(2)3)6-15-10-5-9(14)8(13)4-11(10)17(19)20/h4-5,15,18H,6-7H2,1-3H3. The van der Waals surface area contributed by atoms with Crippen LogP contribution in [0.4, 0.5) is 15.8 Å². The van der Waals surface area contributed by atoms with Crippen molar-refractivity contribution in [3.63, 3.8) is 0 Å². The quantitative estimate of drug-likeness (QED) is 0.621. The van der Waals surface area contributed by atoms with Crippen LogP contribution in [-0.2, 0) is 0 Å². The van der Waals surface area contributed by atoms with Crippen molar-refractivity contribution in [2.75, 3.05) is 32.5 Å². The van der Waals surface area contributed by atoms with Crippen LogP contribution in [0, 0.1) is 15.9 Å². The van der Waals surface area contributed by atoms with Gasteiger partial charge in [-0.2, -0.15) is 0 Å². The number of nitrogens with zero attached hydrogens (tertiary/aromatic N) is 2. The number of anilines is 1. The minimum absolute atomic E-state index is 0.0177. The van der Waals surface area contributed by atoms with Crippen LogP contribution in [0.25, 0.3) is 0 Å². The molecule has 20 heavy (non-hydrogen) atoms. The number of benzene rings is 1. The lowest BCUT2D eigenvalue weighted by atomic mass is 10.1. The van der Waals surface area contributed by atoms with E-state index in [-0.39, 0.29) is 22.9 Å². The van der Waals surface area contributed by atoms with Crippen LogP contribution in [0.1, 0.15) is 6.92 Å². The first-order valence-electron chi connectivity index (χ1n) is 5.87. The summed E-state index contributed by atoms with van der Waals surface area (Å²) in [5.74, 6) is -0.757. The topological polar surface area (TPSA) is 78.6 Å². The van der Waals surface area contributed by atoms with Gasteiger partial charge in [0.25, 0.3) is 5.69 Å². The molecule has 8 heteroatoms. The molecule has 1 rings (SSSR count). The average molecular weight is 306 g/mol. The molecule has 0 heterocycles. The number of nitrogens with one attached hydrogen (secondary N) is 1. The van der Waals surface area contributed by atoms with Crippen LogP contribution < -0.4 is 5.32 Å². The lowest BCUT2D eigenvalue weighted by molar-refractivity contribution is -0.384. The highest BCUT2D eigenvalue weighted by Gasteiger charge is 2.24. The summed E-state index contributed by atoms with van der Waals surface area (Å²) in [6.45, 7) is 1.97. The normalized spacial score (nSPS) is 14.2. The van der Waals surface area contributed by atoms with Crippen LogP contribution in [0.5, 0.6) is 0 Å². The van der Waals surface area contributed by atoms with Gasteiger partial charge in [0.05, 0.1) is 15.5 Å². The van der Waals surface area contributed by atoms with Gasteiger partial charge in [0.15, 0.2) is 0 Å². The Labute approximate surface area is 121 Å². The van der Waals surface area contributed by atoms with Gasteiger partial charge in [-0.25, -0.2) is 4.39 Å². The predicted molar refractivity (Wildman–Crippen MR) is 75.7 cm³/mol. The van der Waals surface area contributed by atoms with Gasteiger partial charge in [0.2, 0.25) is 0 Å². The van der Waals surface area contributed by atoms with Crippen LogP contribution in [0.15, 0.2) is 12.1 Å². The second-order valence-corrected chi connectivity index (χ2v) is 5.54. The molecule has 0 aliphatic carbocycles. The lowest BCUT2D eigenvalue weighted by Gasteiger charge is -2.27. The first-order valence-corrected chi connectivity index (χ1v) is 6.24. The van der Waals surface area contributed by atoms with Crippen LogP contribution in [0.3, 0.4) is 0 Å². The molecule has 112 valence electrons. The minimum Gasteiger partial charge on any atom is -0.387 e. The zero-order valence-electron chi connectivity index (χ0n) is 11.5. The van der Waals surface area contributed by atoms with Crippen LogP contribution in [-0.4, -0.2) is 47.7 Å². The maximum absolute atomic E-state index is 13.4. The van der Waals surface area contributed by atoms with E-state index in [2.05, 4.69) is 5.32 Å². The lowest BCUT2D eigenvalue weighted by Crippen LogP contribution is -2.43. The van der Waals surface area contributed by atoms with Crippen molar-refractivity contribution >= 4 is 23.0 Å². The fraction of sp³-hybridized carbons (Fsp3) is 0.500. The average Bonchev–Trinajstić information content (AvgIpc) is 2.28. The summed E-state index contributed by atoms with van der Waals surface area (Å²) in [4.78, 5) is 12.0. The third-order valence-electron chi connectivity index (χ3n) is 2.55. The molecule has 6 nitrogen and oxygen atoms in total. The molecule has 0 saturated heterocycles. The molecular formula is C12H17ClFN3O3. The third kappa shape index (κ3) is 4.59. The van der Waals surface area contributed by atoms with E-state index in [0.29, 0.717) is 6.54 Å². The van der Waals surface area contributed by atoms with E-state index in [9.17, 15) is 19.6 Å². The molecule has 0 radical (unpaired) electrons. The molecule has 0 bridgehead atoms. The van der Waals surface area contributed by atoms with Crippen molar-refractivity contribution in [3.05, 3.63) is 33.1 Å². The van der Waals surface area contributed by atoms with Gasteiger partial charge in [-0.3, -0.25) is 10.1 Å². The number of likely N-dealkylation sites (N-methyl/N-ethyl adjacent to an activating group) is 1. The summed E-state index contributed by atoms with van der Waals surface area (Å²) in [5.41, 5.74) is -1.47. The molecule has 0 amide bonds. The molecule has 1 atom stereocenters. The van der Waals surface area contributed by atoms with E-state index in [4.69, 9.17) is 11.6 Å².